The van der Waals surface area contributed by atoms with Gasteiger partial charge in [0.15, 0.2) is 5.76 Å². The van der Waals surface area contributed by atoms with Gasteiger partial charge in [0.2, 0.25) is 5.78 Å². The first-order valence-corrected chi connectivity index (χ1v) is 6.05. The number of rotatable bonds is 2. The summed E-state index contributed by atoms with van der Waals surface area (Å²) in [6, 6.07) is 8.44. The van der Waals surface area contributed by atoms with Crippen molar-refractivity contribution in [2.45, 2.75) is 6.92 Å². The standard InChI is InChI=1S/C14H9ClN2O2/c1-8-16-5-4-11(17-8)14(18)13-7-9-6-10(15)2-3-12(9)19-13/h2-7H,1H3. The zero-order chi connectivity index (χ0) is 13.4. The molecule has 1 aromatic carbocycles. The highest BCUT2D eigenvalue weighted by Gasteiger charge is 2.16. The minimum Gasteiger partial charge on any atom is -0.453 e. The molecule has 0 N–H and O–H groups in total. The third-order valence-electron chi connectivity index (χ3n) is 2.71. The van der Waals surface area contributed by atoms with Crippen molar-refractivity contribution in [3.8, 4) is 0 Å². The number of aryl methyl sites for hydroxylation is 1. The Kier molecular flexibility index (Phi) is 2.80. The Morgan fingerprint density at radius 2 is 2.11 bits per heavy atom. The fourth-order valence-corrected chi connectivity index (χ4v) is 2.02. The molecule has 0 bridgehead atoms. The topological polar surface area (TPSA) is 56.0 Å². The van der Waals surface area contributed by atoms with E-state index in [2.05, 4.69) is 9.97 Å². The minimum atomic E-state index is -0.266. The average Bonchev–Trinajstić information content (AvgIpc) is 2.80. The predicted octanol–water partition coefficient (Wildman–Crippen LogP) is 3.42. The third-order valence-corrected chi connectivity index (χ3v) is 2.95. The van der Waals surface area contributed by atoms with Gasteiger partial charge in [0.25, 0.3) is 0 Å². The van der Waals surface area contributed by atoms with Crippen LogP contribution < -0.4 is 0 Å². The SMILES string of the molecule is Cc1nccc(C(=O)c2cc3cc(Cl)ccc3o2)n1. The maximum atomic E-state index is 12.2. The van der Waals surface area contributed by atoms with Gasteiger partial charge in [-0.1, -0.05) is 11.6 Å². The molecule has 0 amide bonds. The van der Waals surface area contributed by atoms with Crippen molar-refractivity contribution in [3.05, 3.63) is 58.8 Å². The number of carbonyl (C=O) groups excluding carboxylic acids is 1. The molecule has 4 nitrogen and oxygen atoms in total. The summed E-state index contributed by atoms with van der Waals surface area (Å²) in [6.07, 6.45) is 1.55. The molecular formula is C14H9ClN2O2. The zero-order valence-electron chi connectivity index (χ0n) is 10.1. The summed E-state index contributed by atoms with van der Waals surface area (Å²) in [4.78, 5) is 20.3. The Bertz CT molecular complexity index is 780. The summed E-state index contributed by atoms with van der Waals surface area (Å²) >= 11 is 5.90. The zero-order valence-corrected chi connectivity index (χ0v) is 10.8. The van der Waals surface area contributed by atoms with E-state index in [4.69, 9.17) is 16.0 Å². The molecule has 3 rings (SSSR count). The molecule has 2 aromatic heterocycles. The van der Waals surface area contributed by atoms with E-state index in [9.17, 15) is 4.79 Å². The Morgan fingerprint density at radius 1 is 1.26 bits per heavy atom. The molecule has 5 heteroatoms. The second-order valence-corrected chi connectivity index (χ2v) is 4.55. The van der Waals surface area contributed by atoms with Crippen molar-refractivity contribution in [2.24, 2.45) is 0 Å². The van der Waals surface area contributed by atoms with Crippen LogP contribution in [0.1, 0.15) is 22.1 Å². The van der Waals surface area contributed by atoms with E-state index >= 15 is 0 Å². The lowest BCUT2D eigenvalue weighted by Gasteiger charge is -1.96. The van der Waals surface area contributed by atoms with Crippen LogP contribution in [0.5, 0.6) is 0 Å². The largest absolute Gasteiger partial charge is 0.453 e. The van der Waals surface area contributed by atoms with E-state index in [0.717, 1.165) is 5.39 Å². The van der Waals surface area contributed by atoms with Crippen molar-refractivity contribution in [1.82, 2.24) is 9.97 Å². The highest BCUT2D eigenvalue weighted by molar-refractivity contribution is 6.31. The quantitative estimate of drug-likeness (QED) is 0.671. The van der Waals surface area contributed by atoms with Crippen LogP contribution in [0.25, 0.3) is 11.0 Å². The van der Waals surface area contributed by atoms with Crippen LogP contribution in [0.2, 0.25) is 5.02 Å². The number of furan rings is 1. The van der Waals surface area contributed by atoms with Gasteiger partial charge in [-0.2, -0.15) is 0 Å². The number of halogens is 1. The lowest BCUT2D eigenvalue weighted by Crippen LogP contribution is -2.04. The molecule has 0 saturated heterocycles. The molecule has 0 atom stereocenters. The number of fused-ring (bicyclic) bond motifs is 1. The van der Waals surface area contributed by atoms with Gasteiger partial charge >= 0.3 is 0 Å². The van der Waals surface area contributed by atoms with Crippen molar-refractivity contribution < 1.29 is 9.21 Å². The Hall–Kier alpha value is -2.20. The molecule has 19 heavy (non-hydrogen) atoms. The van der Waals surface area contributed by atoms with Crippen molar-refractivity contribution in [1.29, 1.82) is 0 Å². The summed E-state index contributed by atoms with van der Waals surface area (Å²) in [5.74, 6) is 0.526. The molecule has 0 spiro atoms. The van der Waals surface area contributed by atoms with Gasteiger partial charge in [0.1, 0.15) is 17.1 Å². The Morgan fingerprint density at radius 3 is 2.89 bits per heavy atom. The fourth-order valence-electron chi connectivity index (χ4n) is 1.83. The third kappa shape index (κ3) is 2.22. The molecule has 3 aromatic rings. The normalized spacial score (nSPS) is 10.8. The van der Waals surface area contributed by atoms with E-state index < -0.39 is 0 Å². The van der Waals surface area contributed by atoms with Crippen molar-refractivity contribution in [3.63, 3.8) is 0 Å². The smallest absolute Gasteiger partial charge is 0.246 e. The van der Waals surface area contributed by atoms with Gasteiger partial charge in [-0.05, 0) is 37.3 Å². The Balaban J connectivity index is 2.06. The summed E-state index contributed by atoms with van der Waals surface area (Å²) in [5, 5.41) is 1.40. The maximum Gasteiger partial charge on any atom is 0.246 e. The first-order valence-electron chi connectivity index (χ1n) is 5.67. The van der Waals surface area contributed by atoms with Crippen molar-refractivity contribution >= 4 is 28.4 Å². The van der Waals surface area contributed by atoms with E-state index in [1.165, 1.54) is 0 Å². The monoisotopic (exact) mass is 272 g/mol. The van der Waals surface area contributed by atoms with Crippen LogP contribution in [-0.2, 0) is 0 Å². The molecule has 94 valence electrons. The number of carbonyl (C=O) groups is 1. The molecule has 0 radical (unpaired) electrons. The highest BCUT2D eigenvalue weighted by atomic mass is 35.5. The summed E-state index contributed by atoms with van der Waals surface area (Å²) in [5.41, 5.74) is 0.941. The first kappa shape index (κ1) is 11.9. The predicted molar refractivity (Wildman–Crippen MR) is 71.4 cm³/mol. The molecule has 0 aliphatic heterocycles. The average molecular weight is 273 g/mol. The van der Waals surface area contributed by atoms with Gasteiger partial charge in [-0.15, -0.1) is 0 Å². The lowest BCUT2D eigenvalue weighted by atomic mass is 10.2. The molecule has 0 saturated carbocycles. The van der Waals surface area contributed by atoms with Crippen LogP contribution in [0, 0.1) is 6.92 Å². The van der Waals surface area contributed by atoms with Crippen LogP contribution in [-0.4, -0.2) is 15.8 Å². The lowest BCUT2D eigenvalue weighted by molar-refractivity contribution is 0.101. The van der Waals surface area contributed by atoms with Crippen LogP contribution in [0.15, 0.2) is 40.9 Å². The highest BCUT2D eigenvalue weighted by Crippen LogP contribution is 2.24. The molecule has 2 heterocycles. The number of nitrogens with zero attached hydrogens (tertiary/aromatic N) is 2. The molecule has 0 unspecified atom stereocenters. The van der Waals surface area contributed by atoms with E-state index in [-0.39, 0.29) is 11.5 Å². The number of hydrogen-bond acceptors (Lipinski definition) is 4. The second-order valence-electron chi connectivity index (χ2n) is 4.11. The second kappa shape index (κ2) is 4.48. The van der Waals surface area contributed by atoms with Crippen molar-refractivity contribution in [2.75, 3.05) is 0 Å². The summed E-state index contributed by atoms with van der Waals surface area (Å²) < 4.78 is 5.51. The first-order chi connectivity index (χ1) is 9.13. The molecule has 0 aliphatic carbocycles. The summed E-state index contributed by atoms with van der Waals surface area (Å²) in [6.45, 7) is 1.73. The Labute approximate surface area is 114 Å². The number of ketones is 1. The fraction of sp³-hybridized carbons (Fsp3) is 0.0714. The van der Waals surface area contributed by atoms with Gasteiger partial charge in [-0.3, -0.25) is 4.79 Å². The maximum absolute atomic E-state index is 12.2. The van der Waals surface area contributed by atoms with E-state index in [0.29, 0.717) is 22.1 Å². The summed E-state index contributed by atoms with van der Waals surface area (Å²) in [7, 11) is 0. The van der Waals surface area contributed by atoms with E-state index in [1.807, 2.05) is 0 Å². The number of benzene rings is 1. The van der Waals surface area contributed by atoms with Gasteiger partial charge in [0.05, 0.1) is 0 Å². The number of aromatic nitrogens is 2. The van der Waals surface area contributed by atoms with Gasteiger partial charge < -0.3 is 4.42 Å². The molecular weight excluding hydrogens is 264 g/mol. The molecule has 0 aliphatic rings. The number of hydrogen-bond donors (Lipinski definition) is 0. The van der Waals surface area contributed by atoms with Gasteiger partial charge in [-0.25, -0.2) is 9.97 Å². The van der Waals surface area contributed by atoms with Crippen LogP contribution in [0.4, 0.5) is 0 Å². The van der Waals surface area contributed by atoms with Crippen LogP contribution in [0.3, 0.4) is 0 Å². The van der Waals surface area contributed by atoms with Gasteiger partial charge in [0, 0.05) is 16.6 Å². The minimum absolute atomic E-state index is 0.246. The van der Waals surface area contributed by atoms with Crippen LogP contribution >= 0.6 is 11.6 Å². The molecule has 0 fully saturated rings. The van der Waals surface area contributed by atoms with E-state index in [1.54, 1.807) is 43.5 Å².